The van der Waals surface area contributed by atoms with Crippen LogP contribution in [0.3, 0.4) is 0 Å². The second kappa shape index (κ2) is 8.01. The average Bonchev–Trinajstić information content (AvgIpc) is 2.54. The van der Waals surface area contributed by atoms with E-state index in [4.69, 9.17) is 4.74 Å². The number of nitrogens with zero attached hydrogens (tertiary/aromatic N) is 1. The molecule has 0 unspecified atom stereocenters. The standard InChI is InChI=1S/C16H19N3O2/c1-17-16-14(8-5-9-19-16)10-18-11-15(20)21-12-13-6-3-2-4-7-13/h2-9,18H,10-12H2,1H3,(H,17,19). The molecule has 0 aliphatic heterocycles. The van der Waals surface area contributed by atoms with E-state index in [-0.39, 0.29) is 12.5 Å². The van der Waals surface area contributed by atoms with E-state index >= 15 is 0 Å². The average molecular weight is 285 g/mol. The molecule has 21 heavy (non-hydrogen) atoms. The van der Waals surface area contributed by atoms with Crippen LogP contribution in [0.5, 0.6) is 0 Å². The van der Waals surface area contributed by atoms with Crippen LogP contribution in [0, 0.1) is 0 Å². The Kier molecular flexibility index (Phi) is 5.72. The summed E-state index contributed by atoms with van der Waals surface area (Å²) in [5.41, 5.74) is 1.99. The summed E-state index contributed by atoms with van der Waals surface area (Å²) in [5.74, 6) is 0.538. The summed E-state index contributed by atoms with van der Waals surface area (Å²) in [5, 5.41) is 6.07. The van der Waals surface area contributed by atoms with Gasteiger partial charge in [-0.05, 0) is 11.6 Å². The second-order valence-electron chi connectivity index (χ2n) is 4.51. The lowest BCUT2D eigenvalue weighted by Crippen LogP contribution is -2.24. The lowest BCUT2D eigenvalue weighted by atomic mass is 10.2. The van der Waals surface area contributed by atoms with Gasteiger partial charge in [-0.1, -0.05) is 36.4 Å². The van der Waals surface area contributed by atoms with Gasteiger partial charge in [-0.3, -0.25) is 4.79 Å². The van der Waals surface area contributed by atoms with Gasteiger partial charge in [0.05, 0.1) is 6.54 Å². The molecule has 1 heterocycles. The number of benzene rings is 1. The summed E-state index contributed by atoms with van der Waals surface area (Å²) in [6.45, 7) is 1.03. The predicted octanol–water partition coefficient (Wildman–Crippen LogP) is 1.96. The molecule has 1 aromatic carbocycles. The van der Waals surface area contributed by atoms with Crippen LogP contribution in [-0.4, -0.2) is 24.5 Å². The van der Waals surface area contributed by atoms with E-state index in [2.05, 4.69) is 15.6 Å². The highest BCUT2D eigenvalue weighted by molar-refractivity contribution is 5.71. The number of pyridine rings is 1. The molecule has 0 fully saturated rings. The van der Waals surface area contributed by atoms with E-state index in [1.165, 1.54) is 0 Å². The van der Waals surface area contributed by atoms with Crippen molar-refractivity contribution >= 4 is 11.8 Å². The number of anilines is 1. The summed E-state index contributed by atoms with van der Waals surface area (Å²) in [6, 6.07) is 13.4. The Morgan fingerprint density at radius 3 is 2.76 bits per heavy atom. The van der Waals surface area contributed by atoms with E-state index < -0.39 is 0 Å². The molecule has 2 rings (SSSR count). The van der Waals surface area contributed by atoms with E-state index in [0.29, 0.717) is 13.2 Å². The minimum atomic E-state index is -0.270. The number of rotatable bonds is 7. The van der Waals surface area contributed by atoms with Crippen molar-refractivity contribution in [1.82, 2.24) is 10.3 Å². The van der Waals surface area contributed by atoms with E-state index in [1.54, 1.807) is 6.20 Å². The minimum absolute atomic E-state index is 0.172. The van der Waals surface area contributed by atoms with Gasteiger partial charge in [-0.15, -0.1) is 0 Å². The van der Waals surface area contributed by atoms with Gasteiger partial charge in [-0.2, -0.15) is 0 Å². The van der Waals surface area contributed by atoms with Crippen molar-refractivity contribution in [3.8, 4) is 0 Å². The summed E-state index contributed by atoms with van der Waals surface area (Å²) < 4.78 is 5.19. The Morgan fingerprint density at radius 2 is 2.00 bits per heavy atom. The molecule has 2 N–H and O–H groups in total. The van der Waals surface area contributed by atoms with Gasteiger partial charge < -0.3 is 15.4 Å². The highest BCUT2D eigenvalue weighted by atomic mass is 16.5. The third kappa shape index (κ3) is 4.89. The highest BCUT2D eigenvalue weighted by Crippen LogP contribution is 2.09. The number of ether oxygens (including phenoxy) is 1. The van der Waals surface area contributed by atoms with Gasteiger partial charge in [0.1, 0.15) is 12.4 Å². The van der Waals surface area contributed by atoms with Gasteiger partial charge in [0.15, 0.2) is 0 Å². The fourth-order valence-electron chi connectivity index (χ4n) is 1.89. The molecule has 0 aliphatic rings. The molecule has 0 atom stereocenters. The summed E-state index contributed by atoms with van der Waals surface area (Å²) in [6.07, 6.45) is 1.73. The fraction of sp³-hybridized carbons (Fsp3) is 0.250. The molecular weight excluding hydrogens is 266 g/mol. The van der Waals surface area contributed by atoms with Crippen molar-refractivity contribution in [2.45, 2.75) is 13.2 Å². The monoisotopic (exact) mass is 285 g/mol. The van der Waals surface area contributed by atoms with Gasteiger partial charge in [0.25, 0.3) is 0 Å². The quantitative estimate of drug-likeness (QED) is 0.761. The molecule has 110 valence electrons. The van der Waals surface area contributed by atoms with Crippen molar-refractivity contribution < 1.29 is 9.53 Å². The normalized spacial score (nSPS) is 10.1. The molecular formula is C16H19N3O2. The number of hydrogen-bond donors (Lipinski definition) is 2. The molecule has 0 radical (unpaired) electrons. The zero-order valence-electron chi connectivity index (χ0n) is 12.0. The Bertz CT molecular complexity index is 573. The number of aromatic nitrogens is 1. The summed E-state index contributed by atoms with van der Waals surface area (Å²) >= 11 is 0. The van der Waals surface area contributed by atoms with Crippen LogP contribution in [0.1, 0.15) is 11.1 Å². The van der Waals surface area contributed by atoms with Gasteiger partial charge in [-0.25, -0.2) is 4.98 Å². The van der Waals surface area contributed by atoms with Crippen LogP contribution in [0.25, 0.3) is 0 Å². The van der Waals surface area contributed by atoms with Gasteiger partial charge in [0.2, 0.25) is 0 Å². The van der Waals surface area contributed by atoms with Gasteiger partial charge >= 0.3 is 5.97 Å². The van der Waals surface area contributed by atoms with Crippen molar-refractivity contribution in [3.63, 3.8) is 0 Å². The predicted molar refractivity (Wildman–Crippen MR) is 81.7 cm³/mol. The summed E-state index contributed by atoms with van der Waals surface area (Å²) in [4.78, 5) is 15.8. The maximum Gasteiger partial charge on any atom is 0.320 e. The number of carbonyl (C=O) groups excluding carboxylic acids is 1. The van der Waals surface area contributed by atoms with Crippen LogP contribution in [0.15, 0.2) is 48.7 Å². The lowest BCUT2D eigenvalue weighted by molar-refractivity contribution is -0.143. The third-order valence-corrected chi connectivity index (χ3v) is 2.96. The molecule has 0 aliphatic carbocycles. The first-order chi connectivity index (χ1) is 10.3. The van der Waals surface area contributed by atoms with Crippen LogP contribution >= 0.6 is 0 Å². The maximum absolute atomic E-state index is 11.6. The fourth-order valence-corrected chi connectivity index (χ4v) is 1.89. The number of nitrogens with one attached hydrogen (secondary N) is 2. The van der Waals surface area contributed by atoms with Crippen molar-refractivity contribution in [2.75, 3.05) is 18.9 Å². The van der Waals surface area contributed by atoms with E-state index in [9.17, 15) is 4.79 Å². The van der Waals surface area contributed by atoms with Crippen molar-refractivity contribution in [1.29, 1.82) is 0 Å². The topological polar surface area (TPSA) is 63.2 Å². The van der Waals surface area contributed by atoms with Crippen LogP contribution in [0.4, 0.5) is 5.82 Å². The van der Waals surface area contributed by atoms with Gasteiger partial charge in [0, 0.05) is 25.4 Å². The Balaban J connectivity index is 1.72. The number of carbonyl (C=O) groups is 1. The smallest absolute Gasteiger partial charge is 0.320 e. The minimum Gasteiger partial charge on any atom is -0.460 e. The second-order valence-corrected chi connectivity index (χ2v) is 4.51. The maximum atomic E-state index is 11.6. The molecule has 5 heteroatoms. The molecule has 0 spiro atoms. The van der Waals surface area contributed by atoms with Crippen LogP contribution < -0.4 is 10.6 Å². The molecule has 1 aromatic heterocycles. The Morgan fingerprint density at radius 1 is 1.19 bits per heavy atom. The van der Waals surface area contributed by atoms with E-state index in [0.717, 1.165) is 16.9 Å². The molecule has 0 amide bonds. The van der Waals surface area contributed by atoms with Crippen LogP contribution in [0.2, 0.25) is 0 Å². The summed E-state index contributed by atoms with van der Waals surface area (Å²) in [7, 11) is 1.82. The van der Waals surface area contributed by atoms with E-state index in [1.807, 2.05) is 49.5 Å². The molecule has 5 nitrogen and oxygen atoms in total. The SMILES string of the molecule is CNc1ncccc1CNCC(=O)OCc1ccccc1. The first-order valence-corrected chi connectivity index (χ1v) is 6.81. The van der Waals surface area contributed by atoms with Crippen molar-refractivity contribution in [2.24, 2.45) is 0 Å². The first-order valence-electron chi connectivity index (χ1n) is 6.81. The Labute approximate surface area is 124 Å². The third-order valence-electron chi connectivity index (χ3n) is 2.96. The molecule has 2 aromatic rings. The first kappa shape index (κ1) is 15.0. The number of esters is 1. The molecule has 0 bridgehead atoms. The zero-order chi connectivity index (χ0) is 14.9. The zero-order valence-corrected chi connectivity index (χ0v) is 12.0. The lowest BCUT2D eigenvalue weighted by Gasteiger charge is -2.09. The van der Waals surface area contributed by atoms with Crippen LogP contribution in [-0.2, 0) is 22.7 Å². The van der Waals surface area contributed by atoms with Crippen molar-refractivity contribution in [3.05, 3.63) is 59.8 Å². The molecule has 0 saturated carbocycles. The number of hydrogen-bond acceptors (Lipinski definition) is 5. The Hall–Kier alpha value is -2.40. The largest absolute Gasteiger partial charge is 0.460 e. The molecule has 0 saturated heterocycles. The highest BCUT2D eigenvalue weighted by Gasteiger charge is 2.05.